The lowest BCUT2D eigenvalue weighted by Crippen LogP contribution is -1.89. The average Bonchev–Trinajstić information content (AvgIpc) is 3.68. The number of aromatic nitrogens is 4. The van der Waals surface area contributed by atoms with Crippen molar-refractivity contribution >= 4 is 45.9 Å². The summed E-state index contributed by atoms with van der Waals surface area (Å²) in [6.07, 6.45) is 12.6. The van der Waals surface area contributed by atoms with E-state index in [1.807, 2.05) is 6.08 Å². The van der Waals surface area contributed by atoms with Gasteiger partial charge in [0.25, 0.3) is 0 Å². The van der Waals surface area contributed by atoms with Crippen LogP contribution in [0.15, 0.2) is 72.8 Å². The first kappa shape index (κ1) is 22.3. The second kappa shape index (κ2) is 9.82. The largest absolute Gasteiger partial charge is 0.355 e. The highest BCUT2D eigenvalue weighted by atomic mass is 14.8. The quantitative estimate of drug-likeness (QED) is 0.241. The van der Waals surface area contributed by atoms with Crippen molar-refractivity contribution in [2.75, 3.05) is 0 Å². The third-order valence-corrected chi connectivity index (χ3v) is 6.75. The normalized spacial score (nSPS) is 12.6. The van der Waals surface area contributed by atoms with E-state index in [1.54, 1.807) is 0 Å². The number of H-pyrrole nitrogens is 2. The maximum Gasteiger partial charge on any atom is 0.0737 e. The molecule has 0 saturated carbocycles. The SMILES string of the molecule is CCCCCCc1ccc(C2=Cc3cc4ccc(cc5ccc(cc6nc(cc2n3)C=C6)[nH]5)[nH]4)cc1. The summed E-state index contributed by atoms with van der Waals surface area (Å²) in [5, 5.41) is 0. The number of benzene rings is 1. The maximum atomic E-state index is 4.99. The Hall–Kier alpha value is -4.18. The van der Waals surface area contributed by atoms with Gasteiger partial charge in [0.2, 0.25) is 0 Å². The maximum absolute atomic E-state index is 4.99. The Labute approximate surface area is 211 Å². The molecule has 6 rings (SSSR count). The zero-order valence-corrected chi connectivity index (χ0v) is 20.6. The van der Waals surface area contributed by atoms with Crippen LogP contribution in [0.1, 0.15) is 66.5 Å². The Morgan fingerprint density at radius 1 is 0.611 bits per heavy atom. The minimum atomic E-state index is 0.910. The lowest BCUT2D eigenvalue weighted by atomic mass is 9.99. The van der Waals surface area contributed by atoms with Crippen LogP contribution in [0.2, 0.25) is 0 Å². The average molecular weight is 471 g/mol. The molecule has 36 heavy (non-hydrogen) atoms. The van der Waals surface area contributed by atoms with Gasteiger partial charge >= 0.3 is 0 Å². The van der Waals surface area contributed by atoms with Crippen LogP contribution in [0, 0.1) is 0 Å². The van der Waals surface area contributed by atoms with Crippen LogP contribution in [-0.2, 0) is 6.42 Å². The van der Waals surface area contributed by atoms with Gasteiger partial charge in [0.15, 0.2) is 0 Å². The van der Waals surface area contributed by atoms with Crippen LogP contribution in [0.4, 0.5) is 0 Å². The zero-order valence-electron chi connectivity index (χ0n) is 20.6. The van der Waals surface area contributed by atoms with Crippen molar-refractivity contribution in [1.29, 1.82) is 0 Å². The minimum absolute atomic E-state index is 0.910. The van der Waals surface area contributed by atoms with Crippen molar-refractivity contribution < 1.29 is 0 Å². The molecule has 4 nitrogen and oxygen atoms in total. The van der Waals surface area contributed by atoms with Gasteiger partial charge < -0.3 is 9.97 Å². The summed E-state index contributed by atoms with van der Waals surface area (Å²) in [5.74, 6) is 0. The van der Waals surface area contributed by atoms with Crippen molar-refractivity contribution in [1.82, 2.24) is 19.9 Å². The van der Waals surface area contributed by atoms with Crippen molar-refractivity contribution in [2.45, 2.75) is 39.0 Å². The number of nitrogens with one attached hydrogen (secondary N) is 2. The van der Waals surface area contributed by atoms with Gasteiger partial charge in [-0.3, -0.25) is 0 Å². The summed E-state index contributed by atoms with van der Waals surface area (Å²) in [6, 6.07) is 25.7. The molecule has 178 valence electrons. The highest BCUT2D eigenvalue weighted by Crippen LogP contribution is 2.30. The summed E-state index contributed by atoms with van der Waals surface area (Å²) in [4.78, 5) is 16.7. The number of aromatic amines is 2. The van der Waals surface area contributed by atoms with Crippen LogP contribution in [0.3, 0.4) is 0 Å². The highest BCUT2D eigenvalue weighted by Gasteiger charge is 2.14. The lowest BCUT2D eigenvalue weighted by molar-refractivity contribution is 0.667. The van der Waals surface area contributed by atoms with E-state index in [0.29, 0.717) is 0 Å². The van der Waals surface area contributed by atoms with Crippen molar-refractivity contribution in [3.63, 3.8) is 0 Å². The molecule has 5 heterocycles. The van der Waals surface area contributed by atoms with E-state index in [2.05, 4.69) is 102 Å². The first-order valence-electron chi connectivity index (χ1n) is 12.9. The Bertz CT molecular complexity index is 1610. The molecule has 0 saturated heterocycles. The van der Waals surface area contributed by atoms with Crippen LogP contribution in [0.25, 0.3) is 45.9 Å². The van der Waals surface area contributed by atoms with Crippen LogP contribution in [-0.4, -0.2) is 19.9 Å². The van der Waals surface area contributed by atoms with E-state index in [9.17, 15) is 0 Å². The Morgan fingerprint density at radius 2 is 1.25 bits per heavy atom. The molecule has 4 aromatic rings. The molecule has 1 aromatic carbocycles. The zero-order chi connectivity index (χ0) is 24.3. The van der Waals surface area contributed by atoms with E-state index in [0.717, 1.165) is 56.8 Å². The van der Waals surface area contributed by atoms with Gasteiger partial charge in [0.1, 0.15) is 0 Å². The summed E-state index contributed by atoms with van der Waals surface area (Å²) < 4.78 is 0. The van der Waals surface area contributed by atoms with Gasteiger partial charge in [-0.25, -0.2) is 9.97 Å². The summed E-state index contributed by atoms with van der Waals surface area (Å²) in [6.45, 7) is 2.26. The molecule has 2 aliphatic rings. The molecule has 0 spiro atoms. The molecular formula is C32H30N4. The molecular weight excluding hydrogens is 440 g/mol. The number of fused-ring (bicyclic) bond motifs is 8. The van der Waals surface area contributed by atoms with E-state index >= 15 is 0 Å². The van der Waals surface area contributed by atoms with Crippen LogP contribution >= 0.6 is 0 Å². The van der Waals surface area contributed by atoms with Gasteiger partial charge in [0, 0.05) is 27.6 Å². The topological polar surface area (TPSA) is 57.4 Å². The Kier molecular flexibility index (Phi) is 6.08. The number of hydrogen-bond donors (Lipinski definition) is 2. The fraction of sp³-hybridized carbons (Fsp3) is 0.188. The summed E-state index contributed by atoms with van der Waals surface area (Å²) in [7, 11) is 0. The number of nitrogens with zero attached hydrogens (tertiary/aromatic N) is 2. The summed E-state index contributed by atoms with van der Waals surface area (Å²) >= 11 is 0. The molecule has 0 unspecified atom stereocenters. The Balaban J connectivity index is 1.43. The minimum Gasteiger partial charge on any atom is -0.355 e. The molecule has 0 aliphatic carbocycles. The first-order valence-corrected chi connectivity index (χ1v) is 12.9. The number of aryl methyl sites for hydroxylation is 1. The van der Waals surface area contributed by atoms with Crippen molar-refractivity contribution in [3.05, 3.63) is 107 Å². The van der Waals surface area contributed by atoms with E-state index in [4.69, 9.17) is 9.97 Å². The van der Waals surface area contributed by atoms with E-state index in [-0.39, 0.29) is 0 Å². The third-order valence-electron chi connectivity index (χ3n) is 6.75. The standard InChI is InChI=1S/C32H30N4/c1-2-3-4-5-6-22-7-9-23(10-8-22)31-20-30-19-28-14-13-26(34-28)17-24-11-12-25(33-24)18-27-15-16-29(35-27)21-32(31)36-30/h7-21,33-34H,2-6H2,1H3. The lowest BCUT2D eigenvalue weighted by Gasteiger charge is -2.05. The summed E-state index contributed by atoms with van der Waals surface area (Å²) in [5.41, 5.74) is 11.6. The number of unbranched alkanes of at least 4 members (excludes halogenated alkanes) is 3. The molecule has 8 bridgehead atoms. The molecule has 2 N–H and O–H groups in total. The van der Waals surface area contributed by atoms with Crippen LogP contribution in [0.5, 0.6) is 0 Å². The molecule has 2 aliphatic heterocycles. The van der Waals surface area contributed by atoms with Gasteiger partial charge in [-0.2, -0.15) is 0 Å². The fourth-order valence-electron chi connectivity index (χ4n) is 4.85. The van der Waals surface area contributed by atoms with Crippen molar-refractivity contribution in [2.24, 2.45) is 0 Å². The third kappa shape index (κ3) is 4.94. The van der Waals surface area contributed by atoms with E-state index in [1.165, 1.54) is 36.8 Å². The Morgan fingerprint density at radius 3 is 1.94 bits per heavy atom. The van der Waals surface area contributed by atoms with Gasteiger partial charge in [-0.05, 0) is 90.7 Å². The van der Waals surface area contributed by atoms with Crippen molar-refractivity contribution in [3.8, 4) is 0 Å². The van der Waals surface area contributed by atoms with Gasteiger partial charge in [0.05, 0.1) is 22.8 Å². The second-order valence-corrected chi connectivity index (χ2v) is 9.60. The monoisotopic (exact) mass is 470 g/mol. The number of hydrogen-bond acceptors (Lipinski definition) is 2. The fourth-order valence-corrected chi connectivity index (χ4v) is 4.85. The second-order valence-electron chi connectivity index (χ2n) is 9.60. The van der Waals surface area contributed by atoms with Gasteiger partial charge in [-0.15, -0.1) is 0 Å². The van der Waals surface area contributed by atoms with Gasteiger partial charge in [-0.1, -0.05) is 50.5 Å². The molecule has 0 atom stereocenters. The molecule has 4 heteroatoms. The highest BCUT2D eigenvalue weighted by molar-refractivity contribution is 5.93. The molecule has 0 radical (unpaired) electrons. The predicted octanol–water partition coefficient (Wildman–Crippen LogP) is 8.20. The first-order chi connectivity index (χ1) is 17.7. The molecule has 0 fully saturated rings. The smallest absolute Gasteiger partial charge is 0.0737 e. The van der Waals surface area contributed by atoms with E-state index < -0.39 is 0 Å². The predicted molar refractivity (Wildman–Crippen MR) is 151 cm³/mol. The molecule has 0 amide bonds. The number of rotatable bonds is 6. The van der Waals surface area contributed by atoms with Crippen LogP contribution < -0.4 is 0 Å². The molecule has 3 aromatic heterocycles.